The largest absolute Gasteiger partial charge is 0.435 e. The Bertz CT molecular complexity index is 1070. The van der Waals surface area contributed by atoms with Gasteiger partial charge < -0.3 is 4.90 Å². The zero-order valence-electron chi connectivity index (χ0n) is 16.1. The molecule has 3 aromatic rings. The molecule has 0 unspecified atom stereocenters. The lowest BCUT2D eigenvalue weighted by Crippen LogP contribution is -2.39. The van der Waals surface area contributed by atoms with Gasteiger partial charge in [-0.1, -0.05) is 12.1 Å². The minimum atomic E-state index is -4.45. The molecule has 6 nitrogen and oxygen atoms in total. The van der Waals surface area contributed by atoms with Gasteiger partial charge in [-0.15, -0.1) is 0 Å². The van der Waals surface area contributed by atoms with Crippen molar-refractivity contribution in [2.75, 3.05) is 13.1 Å². The quantitative estimate of drug-likeness (QED) is 0.547. The van der Waals surface area contributed by atoms with Gasteiger partial charge in [0.1, 0.15) is 0 Å². The van der Waals surface area contributed by atoms with Gasteiger partial charge in [-0.05, 0) is 60.0 Å². The second-order valence-electron chi connectivity index (χ2n) is 7.24. The first-order chi connectivity index (χ1) is 14.2. The average molecular weight is 482 g/mol. The van der Waals surface area contributed by atoms with Crippen LogP contribution in [0.25, 0.3) is 5.69 Å². The zero-order chi connectivity index (χ0) is 21.5. The van der Waals surface area contributed by atoms with Crippen molar-refractivity contribution in [2.24, 2.45) is 0 Å². The molecule has 4 rings (SSSR count). The van der Waals surface area contributed by atoms with E-state index in [-0.39, 0.29) is 11.9 Å². The molecule has 1 aliphatic rings. The minimum absolute atomic E-state index is 0.162. The molecular weight excluding hydrogens is 463 g/mol. The van der Waals surface area contributed by atoms with E-state index in [1.165, 1.54) is 10.9 Å². The Kier molecular flexibility index (Phi) is 5.44. The molecule has 1 saturated heterocycles. The highest BCUT2D eigenvalue weighted by molar-refractivity contribution is 9.10. The zero-order valence-corrected chi connectivity index (χ0v) is 17.7. The summed E-state index contributed by atoms with van der Waals surface area (Å²) in [7, 11) is 0. The second-order valence-corrected chi connectivity index (χ2v) is 8.09. The summed E-state index contributed by atoms with van der Waals surface area (Å²) in [5, 5.41) is 8.13. The van der Waals surface area contributed by atoms with Crippen molar-refractivity contribution < 1.29 is 18.0 Å². The maximum absolute atomic E-state index is 12.9. The van der Waals surface area contributed by atoms with Gasteiger partial charge in [-0.25, -0.2) is 4.68 Å². The Morgan fingerprint density at radius 1 is 1.13 bits per heavy atom. The van der Waals surface area contributed by atoms with Gasteiger partial charge in [-0.3, -0.25) is 9.48 Å². The first-order valence-corrected chi connectivity index (χ1v) is 10.3. The van der Waals surface area contributed by atoms with Crippen LogP contribution in [-0.4, -0.2) is 43.5 Å². The first kappa shape index (κ1) is 20.6. The van der Waals surface area contributed by atoms with Crippen molar-refractivity contribution in [3.05, 3.63) is 64.1 Å². The van der Waals surface area contributed by atoms with Crippen molar-refractivity contribution in [3.8, 4) is 5.69 Å². The van der Waals surface area contributed by atoms with E-state index in [1.807, 2.05) is 31.2 Å². The van der Waals surface area contributed by atoms with Crippen molar-refractivity contribution in [1.29, 1.82) is 0 Å². The topological polar surface area (TPSA) is 56.0 Å². The van der Waals surface area contributed by atoms with Crippen LogP contribution >= 0.6 is 15.9 Å². The highest BCUT2D eigenvalue weighted by atomic mass is 79.9. The molecule has 10 heteroatoms. The molecule has 158 valence electrons. The maximum atomic E-state index is 12.9. The number of carbonyl (C=O) groups is 1. The summed E-state index contributed by atoms with van der Waals surface area (Å²) in [5.74, 6) is -0.182. The summed E-state index contributed by atoms with van der Waals surface area (Å²) in [4.78, 5) is 14.6. The summed E-state index contributed by atoms with van der Waals surface area (Å²) >= 11 is 3.50. The molecule has 1 aromatic carbocycles. The van der Waals surface area contributed by atoms with E-state index in [9.17, 15) is 18.0 Å². The number of halogens is 4. The first-order valence-electron chi connectivity index (χ1n) is 9.47. The van der Waals surface area contributed by atoms with Crippen LogP contribution in [0.15, 0.2) is 47.1 Å². The van der Waals surface area contributed by atoms with E-state index in [1.54, 1.807) is 15.6 Å². The third-order valence-electron chi connectivity index (χ3n) is 5.21. The summed E-state index contributed by atoms with van der Waals surface area (Å²) in [6, 6.07) is 10.2. The molecule has 0 saturated carbocycles. The van der Waals surface area contributed by atoms with Crippen LogP contribution in [-0.2, 0) is 6.18 Å². The number of para-hydroxylation sites is 1. The van der Waals surface area contributed by atoms with E-state index in [4.69, 9.17) is 0 Å². The third-order valence-corrected chi connectivity index (χ3v) is 5.88. The van der Waals surface area contributed by atoms with E-state index in [0.717, 1.165) is 21.9 Å². The molecule has 1 amide bonds. The fourth-order valence-corrected chi connectivity index (χ4v) is 4.09. The Labute approximate surface area is 179 Å². The minimum Gasteiger partial charge on any atom is -0.337 e. The molecule has 0 N–H and O–H groups in total. The SMILES string of the molecule is Cc1cc(C(=O)N2CCC(n3ccc(C(F)(F)F)n3)CC2)nn1-c1ccccc1Br. The van der Waals surface area contributed by atoms with Gasteiger partial charge in [0.2, 0.25) is 0 Å². The highest BCUT2D eigenvalue weighted by Crippen LogP contribution is 2.30. The van der Waals surface area contributed by atoms with E-state index >= 15 is 0 Å². The van der Waals surface area contributed by atoms with E-state index in [2.05, 4.69) is 26.1 Å². The molecule has 3 heterocycles. The lowest BCUT2D eigenvalue weighted by atomic mass is 10.0. The number of amides is 1. The van der Waals surface area contributed by atoms with Crippen molar-refractivity contribution in [2.45, 2.75) is 32.0 Å². The smallest absolute Gasteiger partial charge is 0.337 e. The van der Waals surface area contributed by atoms with Crippen LogP contribution in [0.1, 0.15) is 40.8 Å². The predicted molar refractivity (Wildman–Crippen MR) is 107 cm³/mol. The van der Waals surface area contributed by atoms with Crippen LogP contribution in [0.5, 0.6) is 0 Å². The molecule has 0 radical (unpaired) electrons. The number of alkyl halides is 3. The second kappa shape index (κ2) is 7.90. The number of hydrogen-bond donors (Lipinski definition) is 0. The summed E-state index contributed by atoms with van der Waals surface area (Å²) < 4.78 is 42.2. The number of hydrogen-bond acceptors (Lipinski definition) is 3. The van der Waals surface area contributed by atoms with E-state index < -0.39 is 11.9 Å². The molecule has 0 spiro atoms. The van der Waals surface area contributed by atoms with Crippen molar-refractivity contribution in [1.82, 2.24) is 24.5 Å². The third kappa shape index (κ3) is 4.00. The van der Waals surface area contributed by atoms with Gasteiger partial charge >= 0.3 is 6.18 Å². The molecule has 0 aliphatic carbocycles. The normalized spacial score (nSPS) is 15.6. The number of carbonyl (C=O) groups excluding carboxylic acids is 1. The maximum Gasteiger partial charge on any atom is 0.435 e. The molecule has 1 aliphatic heterocycles. The Morgan fingerprint density at radius 3 is 2.47 bits per heavy atom. The fourth-order valence-electron chi connectivity index (χ4n) is 3.63. The average Bonchev–Trinajstić information content (AvgIpc) is 3.35. The van der Waals surface area contributed by atoms with Gasteiger partial charge in [0.05, 0.1) is 11.7 Å². The molecular formula is C20H19BrF3N5O. The monoisotopic (exact) mass is 481 g/mol. The number of rotatable bonds is 3. The molecule has 30 heavy (non-hydrogen) atoms. The summed E-state index contributed by atoms with van der Waals surface area (Å²) in [5.41, 5.74) is 1.12. The van der Waals surface area contributed by atoms with Crippen LogP contribution in [0.4, 0.5) is 13.2 Å². The van der Waals surface area contributed by atoms with Gasteiger partial charge in [0.25, 0.3) is 5.91 Å². The lowest BCUT2D eigenvalue weighted by molar-refractivity contribution is -0.141. The Morgan fingerprint density at radius 2 is 1.83 bits per heavy atom. The van der Waals surface area contributed by atoms with Crippen LogP contribution in [0.3, 0.4) is 0 Å². The Balaban J connectivity index is 1.44. The number of nitrogens with zero attached hydrogens (tertiary/aromatic N) is 5. The number of aryl methyl sites for hydroxylation is 1. The van der Waals surface area contributed by atoms with Gasteiger partial charge in [-0.2, -0.15) is 23.4 Å². The standard InChI is InChI=1S/C20H19BrF3N5O/c1-13-12-16(25-29(13)17-5-3-2-4-15(17)21)19(30)27-9-6-14(7-10-27)28-11-8-18(26-28)20(22,23)24/h2-5,8,11-12,14H,6-7,9-10H2,1H3. The van der Waals surface area contributed by atoms with Crippen LogP contribution < -0.4 is 0 Å². The molecule has 1 fully saturated rings. The highest BCUT2D eigenvalue weighted by Gasteiger charge is 2.35. The van der Waals surface area contributed by atoms with Gasteiger partial charge in [0.15, 0.2) is 11.4 Å². The van der Waals surface area contributed by atoms with Crippen molar-refractivity contribution >= 4 is 21.8 Å². The Hall–Kier alpha value is -2.62. The molecule has 0 bridgehead atoms. The number of aromatic nitrogens is 4. The fraction of sp³-hybridized carbons (Fsp3) is 0.350. The predicted octanol–water partition coefficient (Wildman–Crippen LogP) is 4.64. The van der Waals surface area contributed by atoms with Crippen molar-refractivity contribution in [3.63, 3.8) is 0 Å². The summed E-state index contributed by atoms with van der Waals surface area (Å²) in [6.07, 6.45) is -2.02. The number of likely N-dealkylation sites (tertiary alicyclic amines) is 1. The van der Waals surface area contributed by atoms with Crippen LogP contribution in [0.2, 0.25) is 0 Å². The molecule has 2 aromatic heterocycles. The van der Waals surface area contributed by atoms with Crippen LogP contribution in [0, 0.1) is 6.92 Å². The number of benzene rings is 1. The summed E-state index contributed by atoms with van der Waals surface area (Å²) in [6.45, 7) is 2.75. The molecule has 0 atom stereocenters. The number of piperidine rings is 1. The van der Waals surface area contributed by atoms with Gasteiger partial charge in [0, 0.05) is 29.5 Å². The van der Waals surface area contributed by atoms with E-state index in [0.29, 0.717) is 31.6 Å². The lowest BCUT2D eigenvalue weighted by Gasteiger charge is -2.31.